The number of hydrogen-bond donors (Lipinski definition) is 2. The van der Waals surface area contributed by atoms with Crippen molar-refractivity contribution in [2.75, 3.05) is 38.5 Å². The van der Waals surface area contributed by atoms with Crippen LogP contribution in [0.25, 0.3) is 22.6 Å². The quantitative estimate of drug-likeness (QED) is 0.335. The lowest BCUT2D eigenvalue weighted by molar-refractivity contribution is 0.148. The van der Waals surface area contributed by atoms with E-state index in [0.717, 1.165) is 84.7 Å². The third-order valence-corrected chi connectivity index (χ3v) is 6.84. The normalized spacial score (nSPS) is 17.8. The summed E-state index contributed by atoms with van der Waals surface area (Å²) in [6.45, 7) is 5.11. The predicted octanol–water partition coefficient (Wildman–Crippen LogP) is 3.90. The largest absolute Gasteiger partial charge is 0.449 e. The summed E-state index contributed by atoms with van der Waals surface area (Å²) in [6.07, 6.45) is 8.83. The minimum absolute atomic E-state index is 0.529. The van der Waals surface area contributed by atoms with E-state index in [9.17, 15) is 5.21 Å². The zero-order valence-electron chi connectivity index (χ0n) is 19.6. The van der Waals surface area contributed by atoms with Gasteiger partial charge in [-0.2, -0.15) is 0 Å². The third-order valence-electron chi connectivity index (χ3n) is 6.84. The number of anilines is 2. The van der Waals surface area contributed by atoms with Gasteiger partial charge in [-0.15, -0.1) is 0 Å². The fraction of sp³-hybridized carbons (Fsp3) is 0.308. The van der Waals surface area contributed by atoms with E-state index in [-0.39, 0.29) is 0 Å². The number of rotatable bonds is 5. The standard InChI is InChI=1S/C26H27N7O2/c1-32-8-10-33(11-9-32)16-17-13-28-26(29-14-17)25-24(21-6-7-27-15-23(21)35-25)30-19-3-4-20-18(12-19)2-5-22(20)31-34/h3-4,6-7,12-15,30,34H,2,5,8-11,16H2,1H3. The second-order valence-corrected chi connectivity index (χ2v) is 9.22. The van der Waals surface area contributed by atoms with E-state index in [1.165, 1.54) is 0 Å². The van der Waals surface area contributed by atoms with Gasteiger partial charge in [-0.25, -0.2) is 9.97 Å². The molecule has 1 aliphatic carbocycles. The number of aromatic nitrogens is 3. The smallest absolute Gasteiger partial charge is 0.197 e. The minimum Gasteiger partial charge on any atom is -0.449 e. The SMILES string of the molecule is CN1CCN(Cc2cnc(-c3oc4cnccc4c3Nc3ccc4c(c3)CCC4=NO)nc2)CC1. The van der Waals surface area contributed by atoms with Crippen molar-refractivity contribution in [3.8, 4) is 11.6 Å². The molecule has 1 fully saturated rings. The summed E-state index contributed by atoms with van der Waals surface area (Å²) < 4.78 is 6.17. The maximum atomic E-state index is 9.23. The summed E-state index contributed by atoms with van der Waals surface area (Å²) in [4.78, 5) is 18.3. The van der Waals surface area contributed by atoms with E-state index < -0.39 is 0 Å². The summed E-state index contributed by atoms with van der Waals surface area (Å²) in [5.74, 6) is 1.11. The molecule has 2 aliphatic rings. The third kappa shape index (κ3) is 4.24. The lowest BCUT2D eigenvalue weighted by Gasteiger charge is -2.32. The molecule has 4 heterocycles. The Kier molecular flexibility index (Phi) is 5.63. The predicted molar refractivity (Wildman–Crippen MR) is 134 cm³/mol. The lowest BCUT2D eigenvalue weighted by atomic mass is 10.1. The molecule has 2 N–H and O–H groups in total. The van der Waals surface area contributed by atoms with Gasteiger partial charge in [0.25, 0.3) is 0 Å². The zero-order valence-corrected chi connectivity index (χ0v) is 19.6. The van der Waals surface area contributed by atoms with E-state index in [2.05, 4.69) is 48.3 Å². The highest BCUT2D eigenvalue weighted by Gasteiger charge is 2.22. The van der Waals surface area contributed by atoms with Crippen molar-refractivity contribution in [3.05, 3.63) is 65.7 Å². The van der Waals surface area contributed by atoms with Gasteiger partial charge in [0.1, 0.15) is 0 Å². The van der Waals surface area contributed by atoms with E-state index in [1.807, 2.05) is 30.6 Å². The first-order valence-corrected chi connectivity index (χ1v) is 11.9. The summed E-state index contributed by atoms with van der Waals surface area (Å²) in [6, 6.07) is 8.00. The highest BCUT2D eigenvalue weighted by atomic mass is 16.4. The molecule has 1 saturated heterocycles. The molecule has 0 amide bonds. The number of furan rings is 1. The van der Waals surface area contributed by atoms with E-state index in [4.69, 9.17) is 4.42 Å². The number of benzene rings is 1. The van der Waals surface area contributed by atoms with E-state index >= 15 is 0 Å². The maximum absolute atomic E-state index is 9.23. The lowest BCUT2D eigenvalue weighted by Crippen LogP contribution is -2.43. The average molecular weight is 470 g/mol. The number of likely N-dealkylation sites (N-methyl/N-ethyl adjacent to an activating group) is 1. The molecular formula is C26H27N7O2. The molecule has 1 aliphatic heterocycles. The van der Waals surface area contributed by atoms with Gasteiger partial charge in [0.15, 0.2) is 17.2 Å². The fourth-order valence-corrected chi connectivity index (χ4v) is 4.85. The summed E-state index contributed by atoms with van der Waals surface area (Å²) in [7, 11) is 2.16. The number of hydrogen-bond acceptors (Lipinski definition) is 9. The van der Waals surface area contributed by atoms with Crippen molar-refractivity contribution in [1.29, 1.82) is 0 Å². The minimum atomic E-state index is 0.529. The maximum Gasteiger partial charge on any atom is 0.197 e. The molecule has 35 heavy (non-hydrogen) atoms. The number of nitrogens with zero attached hydrogens (tertiary/aromatic N) is 6. The first-order valence-electron chi connectivity index (χ1n) is 11.9. The Hall–Kier alpha value is -3.82. The Balaban J connectivity index is 1.29. The molecule has 1 aromatic carbocycles. The molecule has 9 nitrogen and oxygen atoms in total. The van der Waals surface area contributed by atoms with Gasteiger partial charge in [0.2, 0.25) is 0 Å². The van der Waals surface area contributed by atoms with Gasteiger partial charge in [-0.1, -0.05) is 11.2 Å². The number of aryl methyl sites for hydroxylation is 1. The van der Waals surface area contributed by atoms with Crippen LogP contribution < -0.4 is 5.32 Å². The molecule has 3 aromatic heterocycles. The molecule has 0 spiro atoms. The molecule has 0 unspecified atom stereocenters. The average Bonchev–Trinajstić information content (AvgIpc) is 3.47. The van der Waals surface area contributed by atoms with Gasteiger partial charge >= 0.3 is 0 Å². The van der Waals surface area contributed by atoms with Crippen molar-refractivity contribution in [2.45, 2.75) is 19.4 Å². The van der Waals surface area contributed by atoms with Crippen LogP contribution in [-0.2, 0) is 13.0 Å². The second kappa shape index (κ2) is 9.09. The Morgan fingerprint density at radius 2 is 1.89 bits per heavy atom. The van der Waals surface area contributed by atoms with Gasteiger partial charge in [-0.05, 0) is 43.7 Å². The number of pyridine rings is 1. The van der Waals surface area contributed by atoms with Crippen LogP contribution in [0.1, 0.15) is 23.1 Å². The van der Waals surface area contributed by atoms with Crippen molar-refractivity contribution in [1.82, 2.24) is 24.8 Å². The van der Waals surface area contributed by atoms with Crippen LogP contribution in [0.15, 0.2) is 58.6 Å². The topological polar surface area (TPSA) is 103 Å². The molecule has 0 saturated carbocycles. The van der Waals surface area contributed by atoms with Crippen molar-refractivity contribution >= 4 is 28.1 Å². The van der Waals surface area contributed by atoms with Crippen LogP contribution in [0.2, 0.25) is 0 Å². The van der Waals surface area contributed by atoms with Crippen LogP contribution in [0.4, 0.5) is 11.4 Å². The highest BCUT2D eigenvalue weighted by Crippen LogP contribution is 2.38. The number of piperazine rings is 1. The number of nitrogens with one attached hydrogen (secondary N) is 1. The van der Waals surface area contributed by atoms with Gasteiger partial charge in [-0.3, -0.25) is 9.88 Å². The van der Waals surface area contributed by atoms with Crippen LogP contribution in [-0.4, -0.2) is 68.9 Å². The van der Waals surface area contributed by atoms with Gasteiger partial charge < -0.3 is 19.8 Å². The molecule has 6 rings (SSSR count). The number of oxime groups is 1. The first kappa shape index (κ1) is 21.7. The van der Waals surface area contributed by atoms with Crippen LogP contribution in [0, 0.1) is 0 Å². The molecule has 9 heteroatoms. The van der Waals surface area contributed by atoms with Crippen molar-refractivity contribution in [2.24, 2.45) is 5.16 Å². The highest BCUT2D eigenvalue weighted by molar-refractivity contribution is 6.05. The monoisotopic (exact) mass is 469 g/mol. The summed E-state index contributed by atoms with van der Waals surface area (Å²) in [5.41, 5.74) is 6.38. The van der Waals surface area contributed by atoms with Gasteiger partial charge in [0.05, 0.1) is 17.6 Å². The van der Waals surface area contributed by atoms with Crippen molar-refractivity contribution in [3.63, 3.8) is 0 Å². The van der Waals surface area contributed by atoms with E-state index in [0.29, 0.717) is 17.2 Å². The number of fused-ring (bicyclic) bond motifs is 2. The molecular weight excluding hydrogens is 442 g/mol. The van der Waals surface area contributed by atoms with Crippen LogP contribution >= 0.6 is 0 Å². The molecule has 178 valence electrons. The molecule has 0 radical (unpaired) electrons. The van der Waals surface area contributed by atoms with Crippen LogP contribution in [0.3, 0.4) is 0 Å². The zero-order chi connectivity index (χ0) is 23.8. The van der Waals surface area contributed by atoms with Gasteiger partial charge in [0, 0.05) is 73.5 Å². The van der Waals surface area contributed by atoms with Crippen molar-refractivity contribution < 1.29 is 9.62 Å². The fourth-order valence-electron chi connectivity index (χ4n) is 4.85. The Morgan fingerprint density at radius 3 is 2.69 bits per heavy atom. The molecule has 0 atom stereocenters. The molecule has 4 aromatic rings. The Labute approximate surface area is 203 Å². The van der Waals surface area contributed by atoms with E-state index in [1.54, 1.807) is 12.4 Å². The summed E-state index contributed by atoms with van der Waals surface area (Å²) >= 11 is 0. The Morgan fingerprint density at radius 1 is 1.06 bits per heavy atom. The summed E-state index contributed by atoms with van der Waals surface area (Å²) in [5, 5.41) is 17.1. The Bertz CT molecular complexity index is 1390. The van der Waals surface area contributed by atoms with Crippen LogP contribution in [0.5, 0.6) is 0 Å². The second-order valence-electron chi connectivity index (χ2n) is 9.22. The first-order chi connectivity index (χ1) is 17.2. The molecule has 0 bridgehead atoms.